The van der Waals surface area contributed by atoms with E-state index in [1.807, 2.05) is 43.3 Å². The molecule has 20 heavy (non-hydrogen) atoms. The van der Waals surface area contributed by atoms with Crippen LogP contribution in [0.1, 0.15) is 12.0 Å². The van der Waals surface area contributed by atoms with Crippen molar-refractivity contribution in [2.75, 3.05) is 5.32 Å². The highest BCUT2D eigenvalue weighted by molar-refractivity contribution is 5.96. The number of benzene rings is 1. The van der Waals surface area contributed by atoms with E-state index in [0.717, 1.165) is 17.7 Å². The average molecular weight is 271 g/mol. The number of allylic oxidation sites excluding steroid dienone is 2. The van der Waals surface area contributed by atoms with E-state index in [0.29, 0.717) is 0 Å². The minimum absolute atomic E-state index is 0.00533. The van der Waals surface area contributed by atoms with E-state index < -0.39 is 17.8 Å². The van der Waals surface area contributed by atoms with E-state index >= 15 is 0 Å². The highest BCUT2D eigenvalue weighted by Crippen LogP contribution is 2.48. The maximum Gasteiger partial charge on any atom is 0.307 e. The number of aryl methyl sites for hydroxylation is 1. The topological polar surface area (TPSA) is 66.4 Å². The van der Waals surface area contributed by atoms with Crippen LogP contribution in [0.4, 0.5) is 5.69 Å². The standard InChI is InChI=1S/C16H17NO3/c1-9-3-2-4-12(7-9)17-15(18)13-10-5-6-11(8-10)14(13)16(19)20/h2-7,10-11,13-14H,8H2,1H3,(H,17,18)(H,19,20). The molecular formula is C16H17NO3. The third-order valence-corrected chi connectivity index (χ3v) is 4.33. The summed E-state index contributed by atoms with van der Waals surface area (Å²) in [5.74, 6) is -2.03. The normalized spacial score (nSPS) is 30.4. The van der Waals surface area contributed by atoms with Crippen LogP contribution in [-0.2, 0) is 9.59 Å². The molecule has 1 aromatic carbocycles. The van der Waals surface area contributed by atoms with E-state index in [2.05, 4.69) is 5.32 Å². The molecule has 2 N–H and O–H groups in total. The highest BCUT2D eigenvalue weighted by Gasteiger charge is 2.51. The second-order valence-electron chi connectivity index (χ2n) is 5.70. The SMILES string of the molecule is Cc1cccc(NC(=O)C2C3C=CC(C3)C2C(=O)O)c1. The van der Waals surface area contributed by atoms with Crippen molar-refractivity contribution >= 4 is 17.6 Å². The second kappa shape index (κ2) is 4.78. The van der Waals surface area contributed by atoms with E-state index in [1.54, 1.807) is 0 Å². The second-order valence-corrected chi connectivity index (χ2v) is 5.70. The molecule has 4 atom stereocenters. The van der Waals surface area contributed by atoms with Crippen molar-refractivity contribution in [1.29, 1.82) is 0 Å². The van der Waals surface area contributed by atoms with E-state index in [9.17, 15) is 14.7 Å². The Morgan fingerprint density at radius 2 is 1.90 bits per heavy atom. The Labute approximate surface area is 117 Å². The van der Waals surface area contributed by atoms with Crippen molar-refractivity contribution in [2.45, 2.75) is 13.3 Å². The molecule has 104 valence electrons. The molecule has 0 aliphatic heterocycles. The van der Waals surface area contributed by atoms with Crippen LogP contribution >= 0.6 is 0 Å². The molecule has 0 spiro atoms. The summed E-state index contributed by atoms with van der Waals surface area (Å²) >= 11 is 0. The Kier molecular flexibility index (Phi) is 3.08. The quantitative estimate of drug-likeness (QED) is 0.830. The van der Waals surface area contributed by atoms with Gasteiger partial charge in [-0.15, -0.1) is 0 Å². The van der Waals surface area contributed by atoms with Crippen LogP contribution in [0.25, 0.3) is 0 Å². The van der Waals surface area contributed by atoms with Crippen LogP contribution in [0.3, 0.4) is 0 Å². The first-order valence-electron chi connectivity index (χ1n) is 6.85. The Hall–Kier alpha value is -2.10. The number of carbonyl (C=O) groups excluding carboxylic acids is 1. The van der Waals surface area contributed by atoms with Gasteiger partial charge < -0.3 is 10.4 Å². The smallest absolute Gasteiger partial charge is 0.307 e. The molecule has 2 aliphatic rings. The molecule has 1 saturated carbocycles. The Morgan fingerprint density at radius 3 is 2.55 bits per heavy atom. The van der Waals surface area contributed by atoms with Crippen LogP contribution in [0, 0.1) is 30.6 Å². The number of carboxylic acids is 1. The largest absolute Gasteiger partial charge is 0.481 e. The summed E-state index contributed by atoms with van der Waals surface area (Å²) in [4.78, 5) is 23.8. The van der Waals surface area contributed by atoms with Crippen molar-refractivity contribution in [3.8, 4) is 0 Å². The fourth-order valence-electron chi connectivity index (χ4n) is 3.46. The third-order valence-electron chi connectivity index (χ3n) is 4.33. The molecule has 0 radical (unpaired) electrons. The predicted octanol–water partition coefficient (Wildman–Crippen LogP) is 2.46. The molecule has 0 heterocycles. The van der Waals surface area contributed by atoms with Crippen molar-refractivity contribution in [1.82, 2.24) is 0 Å². The summed E-state index contributed by atoms with van der Waals surface area (Å²) in [6.07, 6.45) is 4.72. The first-order chi connectivity index (χ1) is 9.56. The van der Waals surface area contributed by atoms with Crippen LogP contribution in [0.2, 0.25) is 0 Å². The molecule has 4 heteroatoms. The van der Waals surface area contributed by atoms with Crippen LogP contribution in [0.15, 0.2) is 36.4 Å². The molecular weight excluding hydrogens is 254 g/mol. The van der Waals surface area contributed by atoms with Gasteiger partial charge in [-0.1, -0.05) is 24.3 Å². The fourth-order valence-corrected chi connectivity index (χ4v) is 3.46. The zero-order valence-electron chi connectivity index (χ0n) is 11.2. The van der Waals surface area contributed by atoms with Gasteiger partial charge in [0.05, 0.1) is 11.8 Å². The molecule has 3 rings (SSSR count). The van der Waals surface area contributed by atoms with Gasteiger partial charge in [-0.05, 0) is 42.9 Å². The summed E-state index contributed by atoms with van der Waals surface area (Å²) in [7, 11) is 0. The molecule has 1 aromatic rings. The molecule has 2 bridgehead atoms. The number of hydrogen-bond donors (Lipinski definition) is 2. The van der Waals surface area contributed by atoms with Gasteiger partial charge in [0, 0.05) is 5.69 Å². The average Bonchev–Trinajstić information content (AvgIpc) is 2.98. The van der Waals surface area contributed by atoms with E-state index in [1.165, 1.54) is 0 Å². The van der Waals surface area contributed by atoms with Gasteiger partial charge in [-0.25, -0.2) is 0 Å². The molecule has 0 aromatic heterocycles. The fraction of sp³-hybridized carbons (Fsp3) is 0.375. The number of amides is 1. The Morgan fingerprint density at radius 1 is 1.20 bits per heavy atom. The first kappa shape index (κ1) is 12.9. The van der Waals surface area contributed by atoms with Crippen molar-refractivity contribution in [2.24, 2.45) is 23.7 Å². The number of fused-ring (bicyclic) bond motifs is 2. The van der Waals surface area contributed by atoms with E-state index in [-0.39, 0.29) is 17.7 Å². The van der Waals surface area contributed by atoms with Gasteiger partial charge in [-0.2, -0.15) is 0 Å². The number of anilines is 1. The molecule has 1 amide bonds. The number of carbonyl (C=O) groups is 2. The minimum Gasteiger partial charge on any atom is -0.481 e. The molecule has 1 fully saturated rings. The number of carboxylic acid groups (broad SMARTS) is 1. The third kappa shape index (κ3) is 2.11. The predicted molar refractivity (Wildman–Crippen MR) is 75.2 cm³/mol. The lowest BCUT2D eigenvalue weighted by Crippen LogP contribution is -2.36. The summed E-state index contributed by atoms with van der Waals surface area (Å²) in [5.41, 5.74) is 1.79. The van der Waals surface area contributed by atoms with Crippen molar-refractivity contribution < 1.29 is 14.7 Å². The molecule has 4 unspecified atom stereocenters. The maximum absolute atomic E-state index is 12.4. The van der Waals surface area contributed by atoms with Crippen LogP contribution in [-0.4, -0.2) is 17.0 Å². The number of hydrogen-bond acceptors (Lipinski definition) is 2. The van der Waals surface area contributed by atoms with Crippen LogP contribution < -0.4 is 5.32 Å². The minimum atomic E-state index is -0.869. The number of aliphatic carboxylic acids is 1. The lowest BCUT2D eigenvalue weighted by molar-refractivity contribution is -0.146. The zero-order valence-corrected chi connectivity index (χ0v) is 11.2. The molecule has 0 saturated heterocycles. The summed E-state index contributed by atoms with van der Waals surface area (Å²) in [6.45, 7) is 1.95. The summed E-state index contributed by atoms with van der Waals surface area (Å²) in [5, 5.41) is 12.2. The van der Waals surface area contributed by atoms with Gasteiger partial charge in [-0.3, -0.25) is 9.59 Å². The van der Waals surface area contributed by atoms with E-state index in [4.69, 9.17) is 0 Å². The van der Waals surface area contributed by atoms with Crippen molar-refractivity contribution in [3.05, 3.63) is 42.0 Å². The summed E-state index contributed by atoms with van der Waals surface area (Å²) in [6, 6.07) is 7.54. The molecule has 2 aliphatic carbocycles. The molecule has 4 nitrogen and oxygen atoms in total. The number of nitrogens with one attached hydrogen (secondary N) is 1. The maximum atomic E-state index is 12.4. The zero-order chi connectivity index (χ0) is 14.3. The lowest BCUT2D eigenvalue weighted by atomic mass is 9.82. The summed E-state index contributed by atoms with van der Waals surface area (Å²) < 4.78 is 0. The van der Waals surface area contributed by atoms with Gasteiger partial charge >= 0.3 is 5.97 Å². The first-order valence-corrected chi connectivity index (χ1v) is 6.85. The van der Waals surface area contributed by atoms with Gasteiger partial charge in [0.15, 0.2) is 0 Å². The van der Waals surface area contributed by atoms with Gasteiger partial charge in [0.25, 0.3) is 0 Å². The van der Waals surface area contributed by atoms with Crippen LogP contribution in [0.5, 0.6) is 0 Å². The van der Waals surface area contributed by atoms with Gasteiger partial charge in [0.2, 0.25) is 5.91 Å². The van der Waals surface area contributed by atoms with Gasteiger partial charge in [0.1, 0.15) is 0 Å². The Balaban J connectivity index is 1.80. The van der Waals surface area contributed by atoms with Crippen molar-refractivity contribution in [3.63, 3.8) is 0 Å². The highest BCUT2D eigenvalue weighted by atomic mass is 16.4. The monoisotopic (exact) mass is 271 g/mol. The lowest BCUT2D eigenvalue weighted by Gasteiger charge is -2.23. The Bertz CT molecular complexity index is 593. The number of rotatable bonds is 3.